The minimum absolute atomic E-state index is 0.126. The number of hydrogen-bond donors (Lipinski definition) is 2. The molecule has 27 heavy (non-hydrogen) atoms. The largest absolute Gasteiger partial charge is 0.508 e. The first-order valence-corrected chi connectivity index (χ1v) is 9.00. The van der Waals surface area contributed by atoms with Gasteiger partial charge in [0.05, 0.1) is 24.0 Å². The van der Waals surface area contributed by atoms with E-state index in [0.717, 1.165) is 16.7 Å². The van der Waals surface area contributed by atoms with Crippen LogP contribution in [-0.4, -0.2) is 21.0 Å². The molecule has 0 unspecified atom stereocenters. The Kier molecular flexibility index (Phi) is 7.06. The summed E-state index contributed by atoms with van der Waals surface area (Å²) in [4.78, 5) is 21.0. The van der Waals surface area contributed by atoms with E-state index < -0.39 is 0 Å². The average molecular weight is 363 g/mol. The van der Waals surface area contributed by atoms with E-state index in [0.29, 0.717) is 23.6 Å². The van der Waals surface area contributed by atoms with Crippen LogP contribution in [0.5, 0.6) is 5.75 Å². The second kappa shape index (κ2) is 9.48. The van der Waals surface area contributed by atoms with E-state index in [1.165, 1.54) is 0 Å². The lowest BCUT2D eigenvalue weighted by molar-refractivity contribution is -0.115. The zero-order valence-corrected chi connectivity index (χ0v) is 16.2. The number of rotatable bonds is 4. The highest BCUT2D eigenvalue weighted by Crippen LogP contribution is 2.21. The van der Waals surface area contributed by atoms with Crippen LogP contribution < -0.4 is 5.32 Å². The first-order valence-electron chi connectivity index (χ1n) is 9.00. The van der Waals surface area contributed by atoms with Crippen LogP contribution in [0.4, 0.5) is 5.82 Å². The maximum atomic E-state index is 12.2. The van der Waals surface area contributed by atoms with Crippen LogP contribution in [0.2, 0.25) is 0 Å². The van der Waals surface area contributed by atoms with Crippen molar-refractivity contribution < 1.29 is 9.90 Å². The van der Waals surface area contributed by atoms with Gasteiger partial charge in [-0.05, 0) is 43.7 Å². The molecule has 1 amide bonds. The number of nitrogens with zero attached hydrogens (tertiary/aromatic N) is 2. The van der Waals surface area contributed by atoms with Gasteiger partial charge < -0.3 is 10.4 Å². The van der Waals surface area contributed by atoms with Gasteiger partial charge in [0, 0.05) is 5.56 Å². The van der Waals surface area contributed by atoms with E-state index in [4.69, 9.17) is 0 Å². The van der Waals surface area contributed by atoms with E-state index in [1.807, 2.05) is 45.0 Å². The number of amides is 1. The number of nitrogens with one attached hydrogen (secondary N) is 1. The normalized spacial score (nSPS) is 9.93. The summed E-state index contributed by atoms with van der Waals surface area (Å²) < 4.78 is 0. The Morgan fingerprint density at radius 1 is 1.00 bits per heavy atom. The molecule has 0 aliphatic heterocycles. The number of phenolic OH excluding ortho intramolecular Hbond substituents is 1. The fourth-order valence-electron chi connectivity index (χ4n) is 2.44. The molecular formula is C22H25N3O2. The van der Waals surface area contributed by atoms with Gasteiger partial charge in [-0.15, -0.1) is 0 Å². The lowest BCUT2D eigenvalue weighted by Gasteiger charge is -2.09. The van der Waals surface area contributed by atoms with Crippen molar-refractivity contribution in [2.24, 2.45) is 0 Å². The highest BCUT2D eigenvalue weighted by molar-refractivity contribution is 5.91. The van der Waals surface area contributed by atoms with Crippen LogP contribution >= 0.6 is 0 Å². The van der Waals surface area contributed by atoms with Gasteiger partial charge in [0.1, 0.15) is 5.75 Å². The number of hydrogen-bond acceptors (Lipinski definition) is 4. The first-order chi connectivity index (χ1) is 13.0. The summed E-state index contributed by atoms with van der Waals surface area (Å²) >= 11 is 0. The number of aryl methyl sites for hydroxylation is 2. The van der Waals surface area contributed by atoms with Crippen LogP contribution in [0.3, 0.4) is 0 Å². The van der Waals surface area contributed by atoms with Crippen molar-refractivity contribution in [3.05, 3.63) is 71.5 Å². The predicted octanol–water partition coefficient (Wildman–Crippen LogP) is 4.67. The van der Waals surface area contributed by atoms with E-state index >= 15 is 0 Å². The van der Waals surface area contributed by atoms with Gasteiger partial charge in [0.2, 0.25) is 5.91 Å². The fourth-order valence-corrected chi connectivity index (χ4v) is 2.44. The number of benzene rings is 2. The Morgan fingerprint density at radius 3 is 2.22 bits per heavy atom. The van der Waals surface area contributed by atoms with Crippen molar-refractivity contribution in [2.45, 2.75) is 34.1 Å². The van der Waals surface area contributed by atoms with Gasteiger partial charge in [-0.2, -0.15) is 0 Å². The number of anilines is 1. The fraction of sp³-hybridized carbons (Fsp3) is 0.227. The maximum absolute atomic E-state index is 12.2. The molecule has 5 nitrogen and oxygen atoms in total. The van der Waals surface area contributed by atoms with Gasteiger partial charge in [-0.1, -0.05) is 43.7 Å². The molecule has 3 rings (SSSR count). The molecule has 0 radical (unpaired) electrons. The molecule has 0 aliphatic carbocycles. The third-order valence-electron chi connectivity index (χ3n) is 3.85. The Hall–Kier alpha value is -3.21. The number of aromatic nitrogens is 2. The quantitative estimate of drug-likeness (QED) is 0.706. The monoisotopic (exact) mass is 363 g/mol. The summed E-state index contributed by atoms with van der Waals surface area (Å²) in [5, 5.41) is 12.2. The van der Waals surface area contributed by atoms with E-state index in [1.54, 1.807) is 37.4 Å². The van der Waals surface area contributed by atoms with Gasteiger partial charge in [0.15, 0.2) is 5.82 Å². The molecule has 0 fully saturated rings. The van der Waals surface area contributed by atoms with Crippen molar-refractivity contribution in [3.8, 4) is 17.0 Å². The summed E-state index contributed by atoms with van der Waals surface area (Å²) in [6, 6.07) is 14.6. The van der Waals surface area contributed by atoms with E-state index in [2.05, 4.69) is 15.3 Å². The molecule has 2 aromatic carbocycles. The molecule has 2 N–H and O–H groups in total. The summed E-state index contributed by atoms with van der Waals surface area (Å²) in [7, 11) is 0. The second-order valence-electron chi connectivity index (χ2n) is 5.95. The Bertz CT molecular complexity index is 888. The lowest BCUT2D eigenvalue weighted by atomic mass is 10.1. The highest BCUT2D eigenvalue weighted by atomic mass is 16.3. The average Bonchev–Trinajstić information content (AvgIpc) is 2.67. The molecular weight excluding hydrogens is 338 g/mol. The molecule has 0 saturated carbocycles. The summed E-state index contributed by atoms with van der Waals surface area (Å²) in [5.74, 6) is 0.534. The van der Waals surface area contributed by atoms with Crippen molar-refractivity contribution in [1.82, 2.24) is 9.97 Å². The Balaban J connectivity index is 0.00000126. The standard InChI is InChI=1S/C20H19N3O2.C2H6/c1-13-3-5-15(6-4-13)11-19(25)23-20-14(2)22-18(12-21-20)16-7-9-17(24)10-8-16;1-2/h3-10,12,24H,11H2,1-2H3,(H,21,23,25);1-2H3. The van der Waals surface area contributed by atoms with Crippen molar-refractivity contribution in [3.63, 3.8) is 0 Å². The zero-order valence-electron chi connectivity index (χ0n) is 16.2. The van der Waals surface area contributed by atoms with Crippen LogP contribution in [0.25, 0.3) is 11.3 Å². The number of phenols is 1. The molecule has 0 saturated heterocycles. The minimum Gasteiger partial charge on any atom is -0.508 e. The molecule has 0 atom stereocenters. The summed E-state index contributed by atoms with van der Waals surface area (Å²) in [6.07, 6.45) is 1.90. The van der Waals surface area contributed by atoms with Crippen molar-refractivity contribution >= 4 is 11.7 Å². The molecule has 0 spiro atoms. The summed E-state index contributed by atoms with van der Waals surface area (Å²) in [6.45, 7) is 7.82. The number of aromatic hydroxyl groups is 1. The van der Waals surface area contributed by atoms with Crippen LogP contribution in [0, 0.1) is 13.8 Å². The molecule has 0 aliphatic rings. The topological polar surface area (TPSA) is 75.1 Å². The molecule has 140 valence electrons. The summed E-state index contributed by atoms with van der Waals surface area (Å²) in [5.41, 5.74) is 4.30. The van der Waals surface area contributed by atoms with Crippen molar-refractivity contribution in [1.29, 1.82) is 0 Å². The van der Waals surface area contributed by atoms with Crippen LogP contribution in [-0.2, 0) is 11.2 Å². The first kappa shape index (κ1) is 20.1. The lowest BCUT2D eigenvalue weighted by Crippen LogP contribution is -2.16. The Morgan fingerprint density at radius 2 is 1.63 bits per heavy atom. The van der Waals surface area contributed by atoms with Crippen molar-refractivity contribution in [2.75, 3.05) is 5.32 Å². The molecule has 1 aromatic heterocycles. The van der Waals surface area contributed by atoms with Crippen LogP contribution in [0.1, 0.15) is 30.7 Å². The SMILES string of the molecule is CC.Cc1ccc(CC(=O)Nc2ncc(-c3ccc(O)cc3)nc2C)cc1. The maximum Gasteiger partial charge on any atom is 0.229 e. The van der Waals surface area contributed by atoms with E-state index in [9.17, 15) is 9.90 Å². The smallest absolute Gasteiger partial charge is 0.229 e. The molecule has 0 bridgehead atoms. The van der Waals surface area contributed by atoms with Gasteiger partial charge >= 0.3 is 0 Å². The highest BCUT2D eigenvalue weighted by Gasteiger charge is 2.10. The van der Waals surface area contributed by atoms with Crippen LogP contribution in [0.15, 0.2) is 54.7 Å². The van der Waals surface area contributed by atoms with E-state index in [-0.39, 0.29) is 11.7 Å². The minimum atomic E-state index is -0.126. The zero-order chi connectivity index (χ0) is 19.8. The molecule has 3 aromatic rings. The third-order valence-corrected chi connectivity index (χ3v) is 3.85. The molecule has 5 heteroatoms. The van der Waals surface area contributed by atoms with Gasteiger partial charge in [-0.25, -0.2) is 9.97 Å². The van der Waals surface area contributed by atoms with Gasteiger partial charge in [-0.3, -0.25) is 4.79 Å². The third kappa shape index (κ3) is 5.64. The second-order valence-corrected chi connectivity index (χ2v) is 5.95. The number of carbonyl (C=O) groups excluding carboxylic acids is 1. The molecule has 1 heterocycles. The Labute approximate surface area is 160 Å². The number of carbonyl (C=O) groups is 1. The predicted molar refractivity (Wildman–Crippen MR) is 109 cm³/mol. The van der Waals surface area contributed by atoms with Gasteiger partial charge in [0.25, 0.3) is 0 Å².